The SMILES string of the molecule is O=C1CCC(N2Cc3c(/C=C/CCCNC(=O)c4ccc(NC(=O)[C@@H]5NC6(CCCCC6)[C@@]6(C(=O)Nc7cc(Cl)ccc76)[C@H]5c5cccc(Cl)c5F)cn4)cccc3C2=O)C(=O)N1. The van der Waals surface area contributed by atoms with Crippen molar-refractivity contribution >= 4 is 76.1 Å². The van der Waals surface area contributed by atoms with Crippen molar-refractivity contribution in [1.29, 1.82) is 0 Å². The molecule has 1 aromatic heterocycles. The summed E-state index contributed by atoms with van der Waals surface area (Å²) in [6, 6.07) is 16.6. The van der Waals surface area contributed by atoms with Crippen LogP contribution in [0.2, 0.25) is 10.0 Å². The number of hydrogen-bond acceptors (Lipinski definition) is 8. The number of unbranched alkanes of at least 4 members (excludes halogenated alkanes) is 1. The lowest BCUT2D eigenvalue weighted by molar-refractivity contribution is -0.137. The average Bonchev–Trinajstić information content (AvgIpc) is 3.87. The first kappa shape index (κ1) is 42.3. The van der Waals surface area contributed by atoms with E-state index in [2.05, 4.69) is 31.6 Å². The van der Waals surface area contributed by atoms with E-state index in [1.54, 1.807) is 48.5 Å². The molecule has 3 fully saturated rings. The minimum absolute atomic E-state index is 0.119. The molecule has 4 aromatic rings. The molecular weight excluding hydrogens is 848 g/mol. The van der Waals surface area contributed by atoms with Crippen molar-refractivity contribution in [1.82, 2.24) is 25.8 Å². The van der Waals surface area contributed by atoms with Gasteiger partial charge in [-0.2, -0.15) is 0 Å². The van der Waals surface area contributed by atoms with Crippen molar-refractivity contribution in [3.8, 4) is 0 Å². The Bertz CT molecular complexity index is 2600. The molecule has 0 bridgehead atoms. The first-order valence-electron chi connectivity index (χ1n) is 21.2. The van der Waals surface area contributed by atoms with Gasteiger partial charge in [0.1, 0.15) is 23.0 Å². The summed E-state index contributed by atoms with van der Waals surface area (Å²) >= 11 is 12.7. The predicted octanol–water partition coefficient (Wildman–Crippen LogP) is 6.80. The molecule has 5 heterocycles. The zero-order valence-corrected chi connectivity index (χ0v) is 35.6. The van der Waals surface area contributed by atoms with E-state index in [0.717, 1.165) is 30.4 Å². The summed E-state index contributed by atoms with van der Waals surface area (Å²) in [5, 5.41) is 15.1. The molecule has 6 amide bonds. The molecule has 5 aliphatic rings. The Balaban J connectivity index is 0.854. The second kappa shape index (κ2) is 17.0. The van der Waals surface area contributed by atoms with Gasteiger partial charge < -0.3 is 20.9 Å². The highest BCUT2D eigenvalue weighted by Gasteiger charge is 2.72. The van der Waals surface area contributed by atoms with Gasteiger partial charge in [0.05, 0.1) is 22.9 Å². The monoisotopic (exact) mass is 891 g/mol. The fourth-order valence-corrected chi connectivity index (χ4v) is 10.9. The maximum atomic E-state index is 16.2. The van der Waals surface area contributed by atoms with Crippen LogP contribution in [0.3, 0.4) is 0 Å². The number of piperidine rings is 1. The second-order valence-electron chi connectivity index (χ2n) is 16.8. The largest absolute Gasteiger partial charge is 0.351 e. The summed E-state index contributed by atoms with van der Waals surface area (Å²) < 4.78 is 16.2. The summed E-state index contributed by atoms with van der Waals surface area (Å²) in [5.74, 6) is -3.95. The molecule has 4 aliphatic heterocycles. The number of aromatic nitrogens is 1. The number of nitrogens with one attached hydrogen (secondary N) is 5. The van der Waals surface area contributed by atoms with Crippen LogP contribution in [-0.2, 0) is 31.1 Å². The van der Waals surface area contributed by atoms with Crippen molar-refractivity contribution in [2.45, 2.75) is 93.3 Å². The molecule has 324 valence electrons. The zero-order chi connectivity index (χ0) is 44.0. The summed E-state index contributed by atoms with van der Waals surface area (Å²) in [6.45, 7) is 0.637. The topological polar surface area (TPSA) is 179 Å². The molecule has 5 N–H and O–H groups in total. The third-order valence-electron chi connectivity index (χ3n) is 13.3. The molecule has 1 unspecified atom stereocenters. The molecule has 63 heavy (non-hydrogen) atoms. The van der Waals surface area contributed by atoms with Gasteiger partial charge in [0.15, 0.2) is 0 Å². The highest BCUT2D eigenvalue weighted by molar-refractivity contribution is 6.31. The van der Waals surface area contributed by atoms with Gasteiger partial charge in [-0.05, 0) is 90.8 Å². The Morgan fingerprint density at radius 1 is 0.968 bits per heavy atom. The van der Waals surface area contributed by atoms with Gasteiger partial charge in [-0.15, -0.1) is 0 Å². The summed E-state index contributed by atoms with van der Waals surface area (Å²) in [7, 11) is 0. The highest BCUT2D eigenvalue weighted by atomic mass is 35.5. The van der Waals surface area contributed by atoms with Crippen LogP contribution in [0, 0.1) is 5.82 Å². The van der Waals surface area contributed by atoms with Crippen LogP contribution in [0.1, 0.15) is 107 Å². The molecule has 2 spiro atoms. The number of fused-ring (bicyclic) bond motifs is 4. The minimum atomic E-state index is -1.37. The Labute approximate surface area is 372 Å². The van der Waals surface area contributed by atoms with Crippen molar-refractivity contribution in [2.75, 3.05) is 17.2 Å². The predicted molar refractivity (Wildman–Crippen MR) is 235 cm³/mol. The molecule has 0 radical (unpaired) electrons. The van der Waals surface area contributed by atoms with Crippen LogP contribution in [0.4, 0.5) is 15.8 Å². The van der Waals surface area contributed by atoms with Crippen LogP contribution in [0.5, 0.6) is 0 Å². The van der Waals surface area contributed by atoms with E-state index < -0.39 is 52.5 Å². The number of imide groups is 1. The van der Waals surface area contributed by atoms with Gasteiger partial charge in [-0.1, -0.05) is 84.9 Å². The number of amides is 6. The van der Waals surface area contributed by atoms with Crippen molar-refractivity contribution in [3.05, 3.63) is 128 Å². The molecule has 16 heteroatoms. The van der Waals surface area contributed by atoms with Crippen LogP contribution in [-0.4, -0.2) is 69.5 Å². The van der Waals surface area contributed by atoms with Crippen LogP contribution < -0.4 is 26.6 Å². The standard InChI is InChI=1S/C47H44Cl2FN7O6/c48-27-14-16-32-35(23-27)54-45(63)47(32)38(30-12-8-13-33(49)39(30)50)40(56-46(47)20-4-2-5-21-46)43(61)53-28-15-17-34(52-24-28)41(59)51-22-6-1-3-9-26-10-7-11-29-31(26)25-57(44(29)62)36-18-19-37(58)55-42(36)60/h3,7-17,23-24,36,38,40,56H,1-2,4-6,18-22,25H2,(H,51,59)(H,53,61)(H,54,63)(H,55,58,60)/b9-3+/t36?,38-,40+,47+/m0/s1. The van der Waals surface area contributed by atoms with E-state index in [1.165, 1.54) is 23.2 Å². The lowest BCUT2D eigenvalue weighted by Crippen LogP contribution is -2.60. The molecule has 3 aromatic carbocycles. The summed E-state index contributed by atoms with van der Waals surface area (Å²) in [4.78, 5) is 85.3. The highest BCUT2D eigenvalue weighted by Crippen LogP contribution is 2.63. The van der Waals surface area contributed by atoms with Crippen LogP contribution in [0.15, 0.2) is 79.0 Å². The fraction of sp³-hybridized carbons (Fsp3) is 0.340. The number of nitrogens with zero attached hydrogens (tertiary/aromatic N) is 2. The molecule has 1 aliphatic carbocycles. The maximum absolute atomic E-state index is 16.2. The summed E-state index contributed by atoms with van der Waals surface area (Å²) in [5.41, 5.74) is 1.73. The number of pyridine rings is 1. The fourth-order valence-electron chi connectivity index (χ4n) is 10.5. The first-order valence-corrected chi connectivity index (χ1v) is 22.0. The Kier molecular flexibility index (Phi) is 11.4. The lowest BCUT2D eigenvalue weighted by Gasteiger charge is -2.47. The minimum Gasteiger partial charge on any atom is -0.351 e. The van der Waals surface area contributed by atoms with E-state index >= 15 is 4.39 Å². The number of halogens is 3. The van der Waals surface area contributed by atoms with E-state index in [1.807, 2.05) is 18.2 Å². The smallest absolute Gasteiger partial charge is 0.269 e. The number of carbonyl (C=O) groups excluding carboxylic acids is 6. The third-order valence-corrected chi connectivity index (χ3v) is 13.8. The van der Waals surface area contributed by atoms with Crippen LogP contribution >= 0.6 is 23.2 Å². The van der Waals surface area contributed by atoms with Gasteiger partial charge in [0.25, 0.3) is 11.8 Å². The van der Waals surface area contributed by atoms with E-state index in [-0.39, 0.29) is 47.0 Å². The molecule has 9 rings (SSSR count). The van der Waals surface area contributed by atoms with Gasteiger partial charge in [0, 0.05) is 47.2 Å². The second-order valence-corrected chi connectivity index (χ2v) is 17.7. The number of anilines is 2. The zero-order valence-electron chi connectivity index (χ0n) is 34.1. The van der Waals surface area contributed by atoms with Crippen molar-refractivity contribution in [2.24, 2.45) is 0 Å². The normalized spacial score (nSPS) is 23.5. The first-order chi connectivity index (χ1) is 30.4. The van der Waals surface area contributed by atoms with E-state index in [4.69, 9.17) is 23.2 Å². The van der Waals surface area contributed by atoms with E-state index in [0.29, 0.717) is 66.2 Å². The Morgan fingerprint density at radius 3 is 2.56 bits per heavy atom. The number of allylic oxidation sites excluding steroid dienone is 1. The van der Waals surface area contributed by atoms with Gasteiger partial charge in [0.2, 0.25) is 23.6 Å². The lowest BCUT2D eigenvalue weighted by atomic mass is 9.55. The van der Waals surface area contributed by atoms with E-state index in [9.17, 15) is 28.8 Å². The molecule has 2 saturated heterocycles. The Hall–Kier alpha value is -5.96. The number of carbonyl (C=O) groups is 6. The quantitative estimate of drug-likeness (QED) is 0.0853. The Morgan fingerprint density at radius 2 is 1.78 bits per heavy atom. The summed E-state index contributed by atoms with van der Waals surface area (Å²) in [6.07, 6.45) is 10.7. The number of benzene rings is 3. The molecule has 13 nitrogen and oxygen atoms in total. The van der Waals surface area contributed by atoms with Crippen LogP contribution in [0.25, 0.3) is 6.08 Å². The molecule has 4 atom stereocenters. The van der Waals surface area contributed by atoms with Gasteiger partial charge >= 0.3 is 0 Å². The van der Waals surface area contributed by atoms with Gasteiger partial charge in [-0.25, -0.2) is 9.37 Å². The third kappa shape index (κ3) is 7.37. The number of rotatable bonds is 10. The van der Waals surface area contributed by atoms with Gasteiger partial charge in [-0.3, -0.25) is 39.4 Å². The molecule has 1 saturated carbocycles. The van der Waals surface area contributed by atoms with Crippen molar-refractivity contribution in [3.63, 3.8) is 0 Å². The average molecular weight is 893 g/mol. The number of hydrogen-bond donors (Lipinski definition) is 5. The maximum Gasteiger partial charge on any atom is 0.269 e. The van der Waals surface area contributed by atoms with Crippen molar-refractivity contribution < 1.29 is 33.2 Å². The molecular formula is C47H44Cl2FN7O6.